The van der Waals surface area contributed by atoms with Crippen LogP contribution < -0.4 is 16.0 Å². The molecule has 6 nitrogen and oxygen atoms in total. The van der Waals surface area contributed by atoms with E-state index in [1.54, 1.807) is 7.05 Å². The Balaban J connectivity index is 0.00000420. The minimum atomic E-state index is -4.49. The summed E-state index contributed by atoms with van der Waals surface area (Å²) in [4.78, 5) is 11.4. The topological polar surface area (TPSA) is 74.2 Å². The van der Waals surface area contributed by atoms with Crippen molar-refractivity contribution in [3.63, 3.8) is 0 Å². The van der Waals surface area contributed by atoms with Gasteiger partial charge >= 0.3 is 6.18 Å². The molecule has 0 aliphatic heterocycles. The molecule has 0 aliphatic rings. The van der Waals surface area contributed by atoms with Gasteiger partial charge in [-0.1, -0.05) is 44.2 Å². The van der Waals surface area contributed by atoms with E-state index in [0.717, 1.165) is 12.3 Å². The molecule has 1 aromatic carbocycles. The summed E-state index contributed by atoms with van der Waals surface area (Å²) in [5, 5.41) is 9.14. The third-order valence-corrected chi connectivity index (χ3v) is 4.12. The van der Waals surface area contributed by atoms with Gasteiger partial charge in [0.2, 0.25) is 5.95 Å². The van der Waals surface area contributed by atoms with Gasteiger partial charge in [0.25, 0.3) is 0 Å². The van der Waals surface area contributed by atoms with Crippen LogP contribution in [0.1, 0.15) is 25.1 Å². The van der Waals surface area contributed by atoms with Crippen molar-refractivity contribution in [2.45, 2.75) is 25.4 Å². The van der Waals surface area contributed by atoms with Gasteiger partial charge in [0.15, 0.2) is 5.96 Å². The van der Waals surface area contributed by atoms with Crippen LogP contribution in [0.4, 0.5) is 19.1 Å². The molecule has 0 atom stereocenters. The molecule has 0 saturated heterocycles. The fourth-order valence-corrected chi connectivity index (χ4v) is 2.47. The fourth-order valence-electron chi connectivity index (χ4n) is 2.47. The highest BCUT2D eigenvalue weighted by Crippen LogP contribution is 2.27. The summed E-state index contributed by atoms with van der Waals surface area (Å²) >= 11 is 0. The number of hydrogen-bond acceptors (Lipinski definition) is 4. The molecule has 160 valence electrons. The molecule has 29 heavy (non-hydrogen) atoms. The van der Waals surface area contributed by atoms with Gasteiger partial charge in [0.1, 0.15) is 5.69 Å². The summed E-state index contributed by atoms with van der Waals surface area (Å²) in [6.07, 6.45) is -3.41. The average Bonchev–Trinajstić information content (AvgIpc) is 2.67. The number of aliphatic imine (C=N–C) groups is 1. The van der Waals surface area contributed by atoms with Crippen LogP contribution in [0.2, 0.25) is 0 Å². The van der Waals surface area contributed by atoms with Crippen LogP contribution in [0.15, 0.2) is 47.6 Å². The number of rotatable bonds is 7. The summed E-state index contributed by atoms with van der Waals surface area (Å²) in [7, 11) is 1.66. The van der Waals surface area contributed by atoms with Gasteiger partial charge in [-0.15, -0.1) is 24.0 Å². The number of nitrogens with one attached hydrogen (secondary N) is 3. The zero-order valence-corrected chi connectivity index (χ0v) is 18.9. The van der Waals surface area contributed by atoms with Crippen molar-refractivity contribution in [1.82, 2.24) is 20.6 Å². The second kappa shape index (κ2) is 11.2. The largest absolute Gasteiger partial charge is 0.433 e. The van der Waals surface area contributed by atoms with Crippen molar-refractivity contribution in [1.29, 1.82) is 0 Å². The van der Waals surface area contributed by atoms with E-state index in [0.29, 0.717) is 25.6 Å². The van der Waals surface area contributed by atoms with Gasteiger partial charge in [-0.2, -0.15) is 13.2 Å². The number of benzene rings is 1. The summed E-state index contributed by atoms with van der Waals surface area (Å²) < 4.78 is 38.0. The minimum Gasteiger partial charge on any atom is -0.356 e. The second-order valence-corrected chi connectivity index (χ2v) is 6.79. The van der Waals surface area contributed by atoms with E-state index >= 15 is 0 Å². The van der Waals surface area contributed by atoms with E-state index < -0.39 is 11.9 Å². The molecule has 1 aromatic heterocycles. The molecule has 0 amide bonds. The lowest BCUT2D eigenvalue weighted by Gasteiger charge is -2.26. The first-order chi connectivity index (χ1) is 13.2. The van der Waals surface area contributed by atoms with Crippen LogP contribution >= 0.6 is 24.0 Å². The molecule has 0 fully saturated rings. The number of hydrogen-bond donors (Lipinski definition) is 3. The van der Waals surface area contributed by atoms with Gasteiger partial charge in [0.05, 0.1) is 0 Å². The normalized spacial score (nSPS) is 12.1. The highest BCUT2D eigenvalue weighted by molar-refractivity contribution is 14.0. The molecular weight excluding hydrogens is 496 g/mol. The molecule has 0 radical (unpaired) electrons. The maximum atomic E-state index is 12.7. The second-order valence-electron chi connectivity index (χ2n) is 6.79. The molecule has 0 saturated carbocycles. The molecule has 1 heterocycles. The molecule has 0 aliphatic carbocycles. The number of anilines is 1. The average molecular weight is 522 g/mol. The lowest BCUT2D eigenvalue weighted by molar-refractivity contribution is -0.141. The van der Waals surface area contributed by atoms with E-state index in [1.165, 1.54) is 5.56 Å². The van der Waals surface area contributed by atoms with Crippen LogP contribution in [-0.2, 0) is 11.6 Å². The van der Waals surface area contributed by atoms with Gasteiger partial charge in [0, 0.05) is 38.3 Å². The summed E-state index contributed by atoms with van der Waals surface area (Å²) in [6.45, 7) is 5.71. The van der Waals surface area contributed by atoms with Crippen molar-refractivity contribution < 1.29 is 13.2 Å². The van der Waals surface area contributed by atoms with Gasteiger partial charge in [-0.25, -0.2) is 9.97 Å². The Hall–Kier alpha value is -2.11. The first-order valence-electron chi connectivity index (χ1n) is 8.86. The maximum absolute atomic E-state index is 12.7. The number of guanidine groups is 1. The predicted octanol–water partition coefficient (Wildman–Crippen LogP) is 3.67. The van der Waals surface area contributed by atoms with Crippen molar-refractivity contribution >= 4 is 35.9 Å². The number of alkyl halides is 3. The first-order valence-corrected chi connectivity index (χ1v) is 8.86. The van der Waals surface area contributed by atoms with Crippen molar-refractivity contribution in [3.8, 4) is 0 Å². The third-order valence-electron chi connectivity index (χ3n) is 4.12. The Labute approximate surface area is 185 Å². The molecular formula is C19H26F3IN6. The highest BCUT2D eigenvalue weighted by atomic mass is 127. The molecule has 2 aromatic rings. The molecule has 3 N–H and O–H groups in total. The number of nitrogens with zero attached hydrogens (tertiary/aromatic N) is 3. The van der Waals surface area contributed by atoms with Crippen LogP contribution in [-0.4, -0.2) is 42.6 Å². The predicted molar refractivity (Wildman–Crippen MR) is 120 cm³/mol. The van der Waals surface area contributed by atoms with E-state index in [2.05, 4.69) is 56.9 Å². The molecule has 0 bridgehead atoms. The molecule has 10 heteroatoms. The summed E-state index contributed by atoms with van der Waals surface area (Å²) in [5.41, 5.74) is 0.142. The SMILES string of the molecule is CN=C(NCCNc1nccc(C(F)(F)F)n1)NCC(C)(C)c1ccccc1.I. The van der Waals surface area contributed by atoms with Crippen LogP contribution in [0.25, 0.3) is 0 Å². The summed E-state index contributed by atoms with van der Waals surface area (Å²) in [5.74, 6) is 0.542. The van der Waals surface area contributed by atoms with Gasteiger partial charge in [-0.3, -0.25) is 4.99 Å². The van der Waals surface area contributed by atoms with Crippen LogP contribution in [0.5, 0.6) is 0 Å². The molecule has 2 rings (SSSR count). The zero-order valence-electron chi connectivity index (χ0n) is 16.5. The van der Waals surface area contributed by atoms with Crippen molar-refractivity contribution in [2.24, 2.45) is 4.99 Å². The smallest absolute Gasteiger partial charge is 0.356 e. The van der Waals surface area contributed by atoms with E-state index in [4.69, 9.17) is 0 Å². The fraction of sp³-hybridized carbons (Fsp3) is 0.421. The Bertz CT molecular complexity index is 781. The zero-order chi connectivity index (χ0) is 20.6. The molecule has 0 spiro atoms. The number of halogens is 4. The maximum Gasteiger partial charge on any atom is 0.433 e. The van der Waals surface area contributed by atoms with E-state index in [1.807, 2.05) is 18.2 Å². The Morgan fingerprint density at radius 2 is 1.72 bits per heavy atom. The lowest BCUT2D eigenvalue weighted by atomic mass is 9.85. The highest BCUT2D eigenvalue weighted by Gasteiger charge is 2.32. The minimum absolute atomic E-state index is 0. The van der Waals surface area contributed by atoms with E-state index in [-0.39, 0.29) is 35.3 Å². The Kier molecular flexibility index (Phi) is 9.60. The Morgan fingerprint density at radius 1 is 1.03 bits per heavy atom. The lowest BCUT2D eigenvalue weighted by Crippen LogP contribution is -2.44. The number of aromatic nitrogens is 2. The van der Waals surface area contributed by atoms with Gasteiger partial charge < -0.3 is 16.0 Å². The Morgan fingerprint density at radius 3 is 2.34 bits per heavy atom. The van der Waals surface area contributed by atoms with E-state index in [9.17, 15) is 13.2 Å². The van der Waals surface area contributed by atoms with Crippen LogP contribution in [0.3, 0.4) is 0 Å². The van der Waals surface area contributed by atoms with Crippen LogP contribution in [0, 0.1) is 0 Å². The van der Waals surface area contributed by atoms with Gasteiger partial charge in [-0.05, 0) is 11.6 Å². The third kappa shape index (κ3) is 8.03. The van der Waals surface area contributed by atoms with Crippen molar-refractivity contribution in [3.05, 3.63) is 53.9 Å². The first kappa shape index (κ1) is 24.9. The standard InChI is InChI=1S/C19H25F3N6.HI/c1-18(2,14-7-5-4-6-8-14)13-27-16(23-3)25-11-12-26-17-24-10-9-15(28-17)19(20,21)22;/h4-10H,11-13H2,1-3H3,(H2,23,25,27)(H,24,26,28);1H. The summed E-state index contributed by atoms with van der Waals surface area (Å²) in [6, 6.07) is 11.0. The quantitative estimate of drug-likeness (QED) is 0.224. The molecule has 0 unspecified atom stereocenters. The van der Waals surface area contributed by atoms with Crippen molar-refractivity contribution in [2.75, 3.05) is 32.0 Å². The monoisotopic (exact) mass is 522 g/mol.